The lowest BCUT2D eigenvalue weighted by atomic mass is 10.1. The molecule has 1 heterocycles. The van der Waals surface area contributed by atoms with E-state index in [1.165, 1.54) is 0 Å². The molecular formula is C14H16O4S. The van der Waals surface area contributed by atoms with Gasteiger partial charge < -0.3 is 9.52 Å². The minimum absolute atomic E-state index is 0.199. The Morgan fingerprint density at radius 2 is 1.74 bits per heavy atom. The summed E-state index contributed by atoms with van der Waals surface area (Å²) in [4.78, 5) is 0.289. The van der Waals surface area contributed by atoms with Gasteiger partial charge in [0, 0.05) is 0 Å². The van der Waals surface area contributed by atoms with Crippen molar-refractivity contribution < 1.29 is 17.9 Å². The molecule has 1 N–H and O–H groups in total. The van der Waals surface area contributed by atoms with Crippen molar-refractivity contribution in [2.45, 2.75) is 31.1 Å². The van der Waals surface area contributed by atoms with Gasteiger partial charge in [-0.1, -0.05) is 6.07 Å². The van der Waals surface area contributed by atoms with Crippen LogP contribution in [0.3, 0.4) is 0 Å². The van der Waals surface area contributed by atoms with E-state index in [9.17, 15) is 8.42 Å². The summed E-state index contributed by atoms with van der Waals surface area (Å²) >= 11 is 0. The molecule has 0 aliphatic heterocycles. The zero-order valence-electron chi connectivity index (χ0n) is 10.9. The van der Waals surface area contributed by atoms with Crippen LogP contribution in [0.1, 0.15) is 22.6 Å². The topological polar surface area (TPSA) is 67.5 Å². The van der Waals surface area contributed by atoms with Crippen LogP contribution < -0.4 is 0 Å². The molecule has 0 amide bonds. The van der Waals surface area contributed by atoms with Crippen LogP contribution in [0.4, 0.5) is 0 Å². The van der Waals surface area contributed by atoms with Crippen molar-refractivity contribution in [1.29, 1.82) is 0 Å². The Labute approximate surface area is 112 Å². The van der Waals surface area contributed by atoms with E-state index >= 15 is 0 Å². The van der Waals surface area contributed by atoms with Gasteiger partial charge in [0.05, 0.1) is 4.90 Å². The van der Waals surface area contributed by atoms with Gasteiger partial charge in [0.1, 0.15) is 23.9 Å². The maximum Gasteiger partial charge on any atom is 0.185 e. The van der Waals surface area contributed by atoms with Gasteiger partial charge in [0.15, 0.2) is 9.84 Å². The molecule has 4 nitrogen and oxygen atoms in total. The summed E-state index contributed by atoms with van der Waals surface area (Å²) in [6.07, 6.45) is 0. The van der Waals surface area contributed by atoms with Gasteiger partial charge in [-0.05, 0) is 49.2 Å². The monoisotopic (exact) mass is 280 g/mol. The summed E-state index contributed by atoms with van der Waals surface area (Å²) in [6, 6.07) is 8.22. The molecule has 0 fully saturated rings. The Balaban J connectivity index is 2.29. The first kappa shape index (κ1) is 13.8. The molecular weight excluding hydrogens is 264 g/mol. The maximum atomic E-state index is 12.2. The summed E-state index contributed by atoms with van der Waals surface area (Å²) in [5.41, 5.74) is 2.00. The molecule has 19 heavy (non-hydrogen) atoms. The van der Waals surface area contributed by atoms with Gasteiger partial charge in [-0.2, -0.15) is 0 Å². The molecule has 0 unspecified atom stereocenters. The van der Waals surface area contributed by atoms with Crippen molar-refractivity contribution in [2.75, 3.05) is 0 Å². The van der Waals surface area contributed by atoms with Crippen molar-refractivity contribution in [2.24, 2.45) is 0 Å². The van der Waals surface area contributed by atoms with Gasteiger partial charge in [-0.3, -0.25) is 0 Å². The van der Waals surface area contributed by atoms with Crippen LogP contribution in [0.5, 0.6) is 0 Å². The zero-order valence-corrected chi connectivity index (χ0v) is 11.7. The van der Waals surface area contributed by atoms with Crippen molar-refractivity contribution in [3.05, 3.63) is 53.0 Å². The number of rotatable bonds is 4. The molecule has 0 radical (unpaired) electrons. The summed E-state index contributed by atoms with van der Waals surface area (Å²) in [5.74, 6) is 0.503. The molecule has 102 valence electrons. The van der Waals surface area contributed by atoms with E-state index in [4.69, 9.17) is 9.52 Å². The molecule has 0 saturated heterocycles. The highest BCUT2D eigenvalue weighted by molar-refractivity contribution is 7.90. The van der Waals surface area contributed by atoms with Crippen LogP contribution in [0.15, 0.2) is 39.6 Å². The number of furan rings is 1. The Hall–Kier alpha value is -1.59. The van der Waals surface area contributed by atoms with Crippen molar-refractivity contribution in [1.82, 2.24) is 0 Å². The minimum Gasteiger partial charge on any atom is -0.463 e. The van der Waals surface area contributed by atoms with E-state index in [1.807, 2.05) is 13.8 Å². The lowest BCUT2D eigenvalue weighted by Crippen LogP contribution is -2.05. The first-order valence-electron chi connectivity index (χ1n) is 5.91. The second-order valence-corrected chi connectivity index (χ2v) is 6.52. The van der Waals surface area contributed by atoms with E-state index < -0.39 is 9.84 Å². The largest absolute Gasteiger partial charge is 0.463 e. The summed E-state index contributed by atoms with van der Waals surface area (Å²) in [7, 11) is -3.42. The molecule has 0 aliphatic rings. The Bertz CT molecular complexity index is 683. The minimum atomic E-state index is -3.42. The first-order valence-corrected chi connectivity index (χ1v) is 7.56. The number of aryl methyl sites for hydroxylation is 2. The van der Waals surface area contributed by atoms with E-state index in [0.29, 0.717) is 11.5 Å². The van der Waals surface area contributed by atoms with Crippen LogP contribution in [0.2, 0.25) is 0 Å². The van der Waals surface area contributed by atoms with Crippen LogP contribution in [-0.4, -0.2) is 13.5 Å². The highest BCUT2D eigenvalue weighted by atomic mass is 32.2. The van der Waals surface area contributed by atoms with Gasteiger partial charge in [0.2, 0.25) is 0 Å². The predicted molar refractivity (Wildman–Crippen MR) is 71.4 cm³/mol. The Morgan fingerprint density at radius 1 is 1.05 bits per heavy atom. The van der Waals surface area contributed by atoms with Crippen molar-refractivity contribution in [3.63, 3.8) is 0 Å². The highest BCUT2D eigenvalue weighted by Gasteiger charge is 2.18. The lowest BCUT2D eigenvalue weighted by Gasteiger charge is -2.06. The van der Waals surface area contributed by atoms with E-state index in [1.54, 1.807) is 30.3 Å². The maximum absolute atomic E-state index is 12.2. The lowest BCUT2D eigenvalue weighted by molar-refractivity contribution is 0.244. The average Bonchev–Trinajstić information content (AvgIpc) is 2.79. The van der Waals surface area contributed by atoms with Gasteiger partial charge in [-0.15, -0.1) is 0 Å². The molecule has 0 bridgehead atoms. The second-order valence-electron chi connectivity index (χ2n) is 4.53. The molecule has 1 aromatic carbocycles. The van der Waals surface area contributed by atoms with Crippen LogP contribution in [-0.2, 0) is 22.2 Å². The van der Waals surface area contributed by atoms with Gasteiger partial charge in [-0.25, -0.2) is 8.42 Å². The van der Waals surface area contributed by atoms with Crippen LogP contribution >= 0.6 is 0 Å². The first-order chi connectivity index (χ1) is 8.92. The summed E-state index contributed by atoms with van der Waals surface area (Å²) in [5, 5.41) is 8.89. The standard InChI is InChI=1S/C14H16O4S/c1-10-3-6-14(7-11(10)2)19(16,17)9-13-5-4-12(8-15)18-13/h3-7,15H,8-9H2,1-2H3. The van der Waals surface area contributed by atoms with E-state index in [2.05, 4.69) is 0 Å². The third-order valence-electron chi connectivity index (χ3n) is 3.04. The fourth-order valence-electron chi connectivity index (χ4n) is 1.76. The molecule has 2 aromatic rings. The van der Waals surface area contributed by atoms with Gasteiger partial charge in [0.25, 0.3) is 0 Å². The number of sulfone groups is 1. The highest BCUT2D eigenvalue weighted by Crippen LogP contribution is 2.20. The van der Waals surface area contributed by atoms with Gasteiger partial charge >= 0.3 is 0 Å². The average molecular weight is 280 g/mol. The fraction of sp³-hybridized carbons (Fsp3) is 0.286. The van der Waals surface area contributed by atoms with Crippen LogP contribution in [0.25, 0.3) is 0 Å². The molecule has 0 saturated carbocycles. The number of aliphatic hydroxyl groups is 1. The quantitative estimate of drug-likeness (QED) is 0.933. The van der Waals surface area contributed by atoms with E-state index in [0.717, 1.165) is 11.1 Å². The number of aliphatic hydroxyl groups excluding tert-OH is 1. The van der Waals surface area contributed by atoms with E-state index in [-0.39, 0.29) is 17.3 Å². The summed E-state index contributed by atoms with van der Waals surface area (Å²) in [6.45, 7) is 3.58. The third kappa shape index (κ3) is 3.05. The van der Waals surface area contributed by atoms with Crippen LogP contribution in [0, 0.1) is 13.8 Å². The molecule has 0 spiro atoms. The number of hydrogen-bond acceptors (Lipinski definition) is 4. The normalized spacial score (nSPS) is 11.7. The SMILES string of the molecule is Cc1ccc(S(=O)(=O)Cc2ccc(CO)o2)cc1C. The smallest absolute Gasteiger partial charge is 0.185 e. The Morgan fingerprint density at radius 3 is 2.32 bits per heavy atom. The van der Waals surface area contributed by atoms with Crippen molar-refractivity contribution in [3.8, 4) is 0 Å². The zero-order chi connectivity index (χ0) is 14.0. The summed E-state index contributed by atoms with van der Waals surface area (Å²) < 4.78 is 29.7. The third-order valence-corrected chi connectivity index (χ3v) is 4.68. The molecule has 1 aromatic heterocycles. The number of hydrogen-bond donors (Lipinski definition) is 1. The Kier molecular flexibility index (Phi) is 3.78. The molecule has 0 atom stereocenters. The molecule has 2 rings (SSSR count). The van der Waals surface area contributed by atoms with Crippen molar-refractivity contribution >= 4 is 9.84 Å². The predicted octanol–water partition coefficient (Wildman–Crippen LogP) is 2.36. The fourth-order valence-corrected chi connectivity index (χ4v) is 3.09. The number of benzene rings is 1. The second kappa shape index (κ2) is 5.19. The molecule has 5 heteroatoms. The molecule has 0 aliphatic carbocycles.